The number of piperidine rings is 1. The zero-order valence-corrected chi connectivity index (χ0v) is 12.4. The Hall–Kier alpha value is -2.11. The van der Waals surface area contributed by atoms with Gasteiger partial charge < -0.3 is 15.7 Å². The summed E-state index contributed by atoms with van der Waals surface area (Å²) in [6.45, 7) is 4.95. The quantitative estimate of drug-likeness (QED) is 0.876. The fourth-order valence-electron chi connectivity index (χ4n) is 2.69. The highest BCUT2D eigenvalue weighted by Gasteiger charge is 2.39. The second-order valence-electron chi connectivity index (χ2n) is 6.06. The Bertz CT molecular complexity index is 557. The van der Waals surface area contributed by atoms with Crippen molar-refractivity contribution < 1.29 is 14.7 Å². The minimum atomic E-state index is -0.784. The Kier molecular flexibility index (Phi) is 4.16. The maximum absolute atomic E-state index is 11.4. The van der Waals surface area contributed by atoms with Crippen LogP contribution in [0.3, 0.4) is 0 Å². The average molecular weight is 291 g/mol. The second-order valence-corrected chi connectivity index (χ2v) is 6.06. The van der Waals surface area contributed by atoms with E-state index in [2.05, 4.69) is 4.98 Å². The SMILES string of the molecule is CC(C)(C(=O)O)C1CCCN(c2cccc(C(N)=O)n2)C1. The van der Waals surface area contributed by atoms with E-state index >= 15 is 0 Å². The number of aromatic nitrogens is 1. The molecule has 1 aliphatic heterocycles. The van der Waals surface area contributed by atoms with Crippen LogP contribution in [0, 0.1) is 11.3 Å². The number of primary amides is 1. The summed E-state index contributed by atoms with van der Waals surface area (Å²) in [6.07, 6.45) is 1.79. The summed E-state index contributed by atoms with van der Waals surface area (Å²) in [5.74, 6) is -0.621. The number of aliphatic carboxylic acids is 1. The van der Waals surface area contributed by atoms with Crippen LogP contribution in [0.1, 0.15) is 37.2 Å². The van der Waals surface area contributed by atoms with Crippen molar-refractivity contribution in [1.82, 2.24) is 4.98 Å². The first-order valence-electron chi connectivity index (χ1n) is 7.07. The number of carbonyl (C=O) groups excluding carboxylic acids is 1. The van der Waals surface area contributed by atoms with Gasteiger partial charge in [0.2, 0.25) is 0 Å². The predicted molar refractivity (Wildman–Crippen MR) is 79.1 cm³/mol. The molecule has 0 spiro atoms. The van der Waals surface area contributed by atoms with Crippen LogP contribution in [0.5, 0.6) is 0 Å². The first kappa shape index (κ1) is 15.3. The lowest BCUT2D eigenvalue weighted by molar-refractivity contribution is -0.150. The van der Waals surface area contributed by atoms with Crippen molar-refractivity contribution in [3.05, 3.63) is 23.9 Å². The highest BCUT2D eigenvalue weighted by atomic mass is 16.4. The molecule has 0 radical (unpaired) electrons. The number of pyridine rings is 1. The van der Waals surface area contributed by atoms with Crippen LogP contribution in [-0.4, -0.2) is 35.1 Å². The molecule has 1 atom stereocenters. The number of hydrogen-bond acceptors (Lipinski definition) is 4. The zero-order valence-electron chi connectivity index (χ0n) is 12.4. The number of anilines is 1. The van der Waals surface area contributed by atoms with Crippen molar-refractivity contribution in [1.29, 1.82) is 0 Å². The van der Waals surface area contributed by atoms with Crippen molar-refractivity contribution in [2.45, 2.75) is 26.7 Å². The van der Waals surface area contributed by atoms with E-state index in [-0.39, 0.29) is 11.6 Å². The number of rotatable bonds is 4. The summed E-state index contributed by atoms with van der Waals surface area (Å²) in [7, 11) is 0. The second kappa shape index (κ2) is 5.71. The largest absolute Gasteiger partial charge is 0.481 e. The van der Waals surface area contributed by atoms with Crippen molar-refractivity contribution in [2.24, 2.45) is 17.1 Å². The minimum absolute atomic E-state index is 0.0442. The molecule has 1 aromatic heterocycles. The van der Waals surface area contributed by atoms with Crippen LogP contribution in [0.25, 0.3) is 0 Å². The molecule has 1 fully saturated rings. The smallest absolute Gasteiger partial charge is 0.309 e. The summed E-state index contributed by atoms with van der Waals surface area (Å²) in [5.41, 5.74) is 4.70. The van der Waals surface area contributed by atoms with Gasteiger partial charge in [-0.15, -0.1) is 0 Å². The third-order valence-corrected chi connectivity index (χ3v) is 4.30. The molecule has 0 bridgehead atoms. The van der Waals surface area contributed by atoms with E-state index in [9.17, 15) is 14.7 Å². The van der Waals surface area contributed by atoms with E-state index in [1.165, 1.54) is 0 Å². The number of hydrogen-bond donors (Lipinski definition) is 2. The molecular weight excluding hydrogens is 270 g/mol. The standard InChI is InChI=1S/C15H21N3O3/c1-15(2,14(20)21)10-5-4-8-18(9-10)12-7-3-6-11(17-12)13(16)19/h3,6-7,10H,4-5,8-9H2,1-2H3,(H2,16,19)(H,20,21). The third-order valence-electron chi connectivity index (χ3n) is 4.30. The van der Waals surface area contributed by atoms with Crippen LogP contribution in [0.4, 0.5) is 5.82 Å². The van der Waals surface area contributed by atoms with Gasteiger partial charge in [0.1, 0.15) is 11.5 Å². The van der Waals surface area contributed by atoms with Crippen LogP contribution in [-0.2, 0) is 4.79 Å². The van der Waals surface area contributed by atoms with Crippen molar-refractivity contribution in [2.75, 3.05) is 18.0 Å². The molecule has 3 N–H and O–H groups in total. The first-order chi connectivity index (χ1) is 9.82. The van der Waals surface area contributed by atoms with Gasteiger partial charge in [-0.25, -0.2) is 4.98 Å². The lowest BCUT2D eigenvalue weighted by atomic mass is 9.74. The Labute approximate surface area is 124 Å². The van der Waals surface area contributed by atoms with E-state index in [0.29, 0.717) is 12.4 Å². The van der Waals surface area contributed by atoms with Gasteiger partial charge in [0.05, 0.1) is 5.41 Å². The molecule has 21 heavy (non-hydrogen) atoms. The van der Waals surface area contributed by atoms with Gasteiger partial charge in [-0.2, -0.15) is 0 Å². The van der Waals surface area contributed by atoms with E-state index < -0.39 is 17.3 Å². The Morgan fingerprint density at radius 2 is 2.14 bits per heavy atom. The number of carboxylic acid groups (broad SMARTS) is 1. The van der Waals surface area contributed by atoms with Crippen LogP contribution in [0.2, 0.25) is 0 Å². The molecule has 6 nitrogen and oxygen atoms in total. The summed E-state index contributed by atoms with van der Waals surface area (Å²) < 4.78 is 0. The molecule has 2 heterocycles. The maximum Gasteiger partial charge on any atom is 0.309 e. The molecule has 1 aliphatic rings. The number of carbonyl (C=O) groups is 2. The average Bonchev–Trinajstić information content (AvgIpc) is 2.47. The molecule has 1 unspecified atom stereocenters. The number of nitrogens with zero attached hydrogens (tertiary/aromatic N) is 2. The molecule has 0 aromatic carbocycles. The number of carboxylic acids is 1. The normalized spacial score (nSPS) is 19.3. The summed E-state index contributed by atoms with van der Waals surface area (Å²) in [6, 6.07) is 5.14. The molecule has 6 heteroatoms. The molecule has 0 aliphatic carbocycles. The molecule has 1 aromatic rings. The molecule has 0 saturated carbocycles. The molecular formula is C15H21N3O3. The fraction of sp³-hybridized carbons (Fsp3) is 0.533. The Balaban J connectivity index is 2.20. The fourth-order valence-corrected chi connectivity index (χ4v) is 2.69. The van der Waals surface area contributed by atoms with Gasteiger partial charge in [0.15, 0.2) is 0 Å². The highest BCUT2D eigenvalue weighted by molar-refractivity contribution is 5.91. The van der Waals surface area contributed by atoms with Crippen molar-refractivity contribution >= 4 is 17.7 Å². The lowest BCUT2D eigenvalue weighted by Crippen LogP contribution is -2.45. The van der Waals surface area contributed by atoms with Crippen molar-refractivity contribution in [3.63, 3.8) is 0 Å². The van der Waals surface area contributed by atoms with Crippen LogP contribution >= 0.6 is 0 Å². The third kappa shape index (κ3) is 3.15. The van der Waals surface area contributed by atoms with E-state index in [1.54, 1.807) is 26.0 Å². The summed E-state index contributed by atoms with van der Waals surface area (Å²) in [5, 5.41) is 9.37. The first-order valence-corrected chi connectivity index (χ1v) is 7.07. The zero-order chi connectivity index (χ0) is 15.6. The highest BCUT2D eigenvalue weighted by Crippen LogP contribution is 2.35. The van der Waals surface area contributed by atoms with Gasteiger partial charge in [-0.05, 0) is 44.7 Å². The van der Waals surface area contributed by atoms with Gasteiger partial charge >= 0.3 is 5.97 Å². The Morgan fingerprint density at radius 3 is 2.76 bits per heavy atom. The predicted octanol–water partition coefficient (Wildman–Crippen LogP) is 1.51. The molecule has 1 saturated heterocycles. The summed E-state index contributed by atoms with van der Waals surface area (Å²) >= 11 is 0. The topological polar surface area (TPSA) is 96.5 Å². The monoisotopic (exact) mass is 291 g/mol. The van der Waals surface area contributed by atoms with E-state index in [4.69, 9.17) is 5.73 Å². The number of amides is 1. The molecule has 114 valence electrons. The Morgan fingerprint density at radius 1 is 1.43 bits per heavy atom. The van der Waals surface area contributed by atoms with E-state index in [0.717, 1.165) is 19.4 Å². The van der Waals surface area contributed by atoms with Gasteiger partial charge in [0.25, 0.3) is 5.91 Å². The van der Waals surface area contributed by atoms with Crippen LogP contribution in [0.15, 0.2) is 18.2 Å². The molecule has 2 rings (SSSR count). The van der Waals surface area contributed by atoms with Gasteiger partial charge in [-0.1, -0.05) is 6.07 Å². The molecule has 1 amide bonds. The summed E-state index contributed by atoms with van der Waals surface area (Å²) in [4.78, 5) is 28.9. The van der Waals surface area contributed by atoms with Crippen LogP contribution < -0.4 is 10.6 Å². The van der Waals surface area contributed by atoms with Gasteiger partial charge in [-0.3, -0.25) is 9.59 Å². The van der Waals surface area contributed by atoms with Gasteiger partial charge in [0, 0.05) is 13.1 Å². The lowest BCUT2D eigenvalue weighted by Gasteiger charge is -2.39. The van der Waals surface area contributed by atoms with E-state index in [1.807, 2.05) is 11.0 Å². The van der Waals surface area contributed by atoms with Crippen molar-refractivity contribution in [3.8, 4) is 0 Å². The minimum Gasteiger partial charge on any atom is -0.481 e. The number of nitrogens with two attached hydrogens (primary N) is 1. The maximum atomic E-state index is 11.4.